The molecule has 4 N–H and O–H groups in total. The molecule has 0 aliphatic heterocycles. The fourth-order valence-electron chi connectivity index (χ4n) is 1.05. The molecule has 1 unspecified atom stereocenters. The van der Waals surface area contributed by atoms with Gasteiger partial charge in [-0.3, -0.25) is 0 Å². The fourth-order valence-corrected chi connectivity index (χ4v) is 1.45. The molecule has 13 heavy (non-hydrogen) atoms. The van der Waals surface area contributed by atoms with Crippen LogP contribution in [0.5, 0.6) is 5.75 Å². The van der Waals surface area contributed by atoms with E-state index in [0.717, 1.165) is 5.56 Å². The Balaban J connectivity index is 2.84. The van der Waals surface area contributed by atoms with Crippen molar-refractivity contribution in [2.75, 3.05) is 6.54 Å². The second kappa shape index (κ2) is 4.60. The first-order valence-corrected chi connectivity index (χ1v) is 4.81. The summed E-state index contributed by atoms with van der Waals surface area (Å²) in [6.07, 6.45) is -0.0288. The van der Waals surface area contributed by atoms with Gasteiger partial charge >= 0.3 is 0 Å². The summed E-state index contributed by atoms with van der Waals surface area (Å²) in [6, 6.07) is 4.91. The molecule has 4 heteroatoms. The summed E-state index contributed by atoms with van der Waals surface area (Å²) < 4.78 is 0.584. The number of phenolic OH excluding ortho intramolecular Hbond substituents is 1. The van der Waals surface area contributed by atoms with Crippen LogP contribution in [-0.2, 0) is 0 Å². The van der Waals surface area contributed by atoms with Gasteiger partial charge in [0.25, 0.3) is 0 Å². The van der Waals surface area contributed by atoms with Crippen molar-refractivity contribution in [3.63, 3.8) is 0 Å². The summed E-state index contributed by atoms with van der Waals surface area (Å²) in [4.78, 5) is 0. The highest BCUT2D eigenvalue weighted by Gasteiger charge is 2.07. The minimum Gasteiger partial charge on any atom is -0.507 e. The smallest absolute Gasteiger partial charge is 0.129 e. The zero-order valence-corrected chi connectivity index (χ0v) is 8.66. The molecule has 0 saturated carbocycles. The van der Waals surface area contributed by atoms with Gasteiger partial charge in [0.15, 0.2) is 0 Å². The van der Waals surface area contributed by atoms with E-state index in [1.807, 2.05) is 0 Å². The minimum atomic E-state index is -0.554. The number of hydrogen-bond donors (Lipinski definition) is 3. The number of aliphatic hydroxyl groups excluding tert-OH is 1. The molecule has 0 aromatic heterocycles. The molecule has 1 aromatic rings. The SMILES string of the molecule is NCCC(O)c1ccc(O)c(Br)c1. The van der Waals surface area contributed by atoms with E-state index in [0.29, 0.717) is 17.4 Å². The molecule has 3 nitrogen and oxygen atoms in total. The van der Waals surface area contributed by atoms with Gasteiger partial charge in [-0.15, -0.1) is 0 Å². The van der Waals surface area contributed by atoms with Crippen molar-refractivity contribution in [1.82, 2.24) is 0 Å². The zero-order valence-electron chi connectivity index (χ0n) is 7.07. The van der Waals surface area contributed by atoms with Gasteiger partial charge in [-0.1, -0.05) is 6.07 Å². The lowest BCUT2D eigenvalue weighted by molar-refractivity contribution is 0.170. The van der Waals surface area contributed by atoms with Gasteiger partial charge in [-0.25, -0.2) is 0 Å². The van der Waals surface area contributed by atoms with Crippen LogP contribution in [0.4, 0.5) is 0 Å². The van der Waals surface area contributed by atoms with Crippen molar-refractivity contribution in [3.8, 4) is 5.75 Å². The van der Waals surface area contributed by atoms with E-state index in [4.69, 9.17) is 5.73 Å². The summed E-state index contributed by atoms with van der Waals surface area (Å²) in [5.41, 5.74) is 6.07. The van der Waals surface area contributed by atoms with Crippen LogP contribution in [0.3, 0.4) is 0 Å². The number of aliphatic hydroxyl groups is 1. The molecule has 0 spiro atoms. The largest absolute Gasteiger partial charge is 0.507 e. The standard InChI is InChI=1S/C9H12BrNO2/c10-7-5-6(1-2-9(7)13)8(12)3-4-11/h1-2,5,8,12-13H,3-4,11H2. The number of phenols is 1. The Morgan fingerprint density at radius 3 is 2.69 bits per heavy atom. The number of hydrogen-bond acceptors (Lipinski definition) is 3. The van der Waals surface area contributed by atoms with Crippen molar-refractivity contribution in [3.05, 3.63) is 28.2 Å². The third kappa shape index (κ3) is 2.69. The molecule has 0 heterocycles. The van der Waals surface area contributed by atoms with Crippen LogP contribution in [-0.4, -0.2) is 16.8 Å². The molecule has 0 fully saturated rings. The summed E-state index contributed by atoms with van der Waals surface area (Å²) in [5, 5.41) is 18.8. The van der Waals surface area contributed by atoms with Crippen LogP contribution >= 0.6 is 15.9 Å². The van der Waals surface area contributed by atoms with E-state index in [1.165, 1.54) is 0 Å². The third-order valence-electron chi connectivity index (χ3n) is 1.80. The highest BCUT2D eigenvalue weighted by atomic mass is 79.9. The summed E-state index contributed by atoms with van der Waals surface area (Å²) >= 11 is 3.17. The summed E-state index contributed by atoms with van der Waals surface area (Å²) in [6.45, 7) is 0.444. The molecule has 1 atom stereocenters. The lowest BCUT2D eigenvalue weighted by atomic mass is 10.1. The first-order chi connectivity index (χ1) is 6.15. The second-order valence-electron chi connectivity index (χ2n) is 2.80. The summed E-state index contributed by atoms with van der Waals surface area (Å²) in [5.74, 6) is 0.170. The second-order valence-corrected chi connectivity index (χ2v) is 3.66. The molecule has 0 amide bonds. The number of rotatable bonds is 3. The molecule has 1 aromatic carbocycles. The Morgan fingerprint density at radius 1 is 1.46 bits per heavy atom. The Kier molecular flexibility index (Phi) is 3.71. The maximum Gasteiger partial charge on any atom is 0.129 e. The maximum atomic E-state index is 9.55. The first kappa shape index (κ1) is 10.5. The van der Waals surface area contributed by atoms with Crippen LogP contribution in [0, 0.1) is 0 Å². The van der Waals surface area contributed by atoms with E-state index in [-0.39, 0.29) is 5.75 Å². The number of halogens is 1. The average molecular weight is 246 g/mol. The third-order valence-corrected chi connectivity index (χ3v) is 2.43. The molecule has 0 saturated heterocycles. The number of nitrogens with two attached hydrogens (primary N) is 1. The van der Waals surface area contributed by atoms with Crippen molar-refractivity contribution in [1.29, 1.82) is 0 Å². The van der Waals surface area contributed by atoms with Gasteiger partial charge < -0.3 is 15.9 Å². The van der Waals surface area contributed by atoms with Crippen LogP contribution in [0.1, 0.15) is 18.1 Å². The van der Waals surface area contributed by atoms with Gasteiger partial charge in [-0.2, -0.15) is 0 Å². The number of aromatic hydroxyl groups is 1. The lowest BCUT2D eigenvalue weighted by Gasteiger charge is -2.10. The highest BCUT2D eigenvalue weighted by molar-refractivity contribution is 9.10. The van der Waals surface area contributed by atoms with Gasteiger partial charge in [0.2, 0.25) is 0 Å². The maximum absolute atomic E-state index is 9.55. The molecule has 72 valence electrons. The lowest BCUT2D eigenvalue weighted by Crippen LogP contribution is -2.06. The first-order valence-electron chi connectivity index (χ1n) is 4.01. The van der Waals surface area contributed by atoms with Crippen LogP contribution in [0.2, 0.25) is 0 Å². The van der Waals surface area contributed by atoms with Crippen LogP contribution in [0.25, 0.3) is 0 Å². The van der Waals surface area contributed by atoms with Crippen molar-refractivity contribution in [2.45, 2.75) is 12.5 Å². The van der Waals surface area contributed by atoms with Crippen LogP contribution in [0.15, 0.2) is 22.7 Å². The van der Waals surface area contributed by atoms with E-state index in [1.54, 1.807) is 18.2 Å². The Hall–Kier alpha value is -0.580. The van der Waals surface area contributed by atoms with Gasteiger partial charge in [0.05, 0.1) is 10.6 Å². The molecule has 1 rings (SSSR count). The molecule has 0 radical (unpaired) electrons. The van der Waals surface area contributed by atoms with E-state index >= 15 is 0 Å². The molecule has 0 bridgehead atoms. The molecular formula is C9H12BrNO2. The van der Waals surface area contributed by atoms with Gasteiger partial charge in [0, 0.05) is 0 Å². The van der Waals surface area contributed by atoms with Gasteiger partial charge in [-0.05, 0) is 46.6 Å². The van der Waals surface area contributed by atoms with Gasteiger partial charge in [0.1, 0.15) is 5.75 Å². The van der Waals surface area contributed by atoms with E-state index < -0.39 is 6.10 Å². The van der Waals surface area contributed by atoms with E-state index in [2.05, 4.69) is 15.9 Å². The van der Waals surface area contributed by atoms with Crippen LogP contribution < -0.4 is 5.73 Å². The number of benzene rings is 1. The minimum absolute atomic E-state index is 0.170. The fraction of sp³-hybridized carbons (Fsp3) is 0.333. The normalized spacial score (nSPS) is 12.8. The Morgan fingerprint density at radius 2 is 2.15 bits per heavy atom. The molecule has 0 aliphatic carbocycles. The summed E-state index contributed by atoms with van der Waals surface area (Å²) in [7, 11) is 0. The predicted molar refractivity (Wildman–Crippen MR) is 54.4 cm³/mol. The highest BCUT2D eigenvalue weighted by Crippen LogP contribution is 2.27. The quantitative estimate of drug-likeness (QED) is 0.757. The average Bonchev–Trinajstić information content (AvgIpc) is 2.10. The molecular weight excluding hydrogens is 234 g/mol. The zero-order chi connectivity index (χ0) is 9.84. The Labute approximate surface area is 85.3 Å². The van der Waals surface area contributed by atoms with Crippen molar-refractivity contribution in [2.24, 2.45) is 5.73 Å². The van der Waals surface area contributed by atoms with Crippen molar-refractivity contribution < 1.29 is 10.2 Å². The predicted octanol–water partition coefficient (Wildman–Crippen LogP) is 1.54. The monoisotopic (exact) mass is 245 g/mol. The Bertz CT molecular complexity index is 291. The van der Waals surface area contributed by atoms with E-state index in [9.17, 15) is 10.2 Å². The topological polar surface area (TPSA) is 66.5 Å². The van der Waals surface area contributed by atoms with Crippen molar-refractivity contribution >= 4 is 15.9 Å². The molecule has 0 aliphatic rings.